The van der Waals surface area contributed by atoms with Gasteiger partial charge in [-0.25, -0.2) is 9.07 Å². The van der Waals surface area contributed by atoms with Crippen LogP contribution in [0.4, 0.5) is 10.2 Å². The highest BCUT2D eigenvalue weighted by molar-refractivity contribution is 5.57. The Balaban J connectivity index is 1.82. The Labute approximate surface area is 129 Å². The standard InChI is InChI=1S/C17H21FN4/c1-21-11-5-4-8-15(21)16-12-9-10-19-17(12)22(20-16)14-7-3-2-6-13(14)18/h2-3,6-7,15,19H,4-5,8-11H2,1H3. The molecule has 116 valence electrons. The number of benzene rings is 1. The van der Waals surface area contributed by atoms with Crippen molar-refractivity contribution in [2.45, 2.75) is 31.7 Å². The van der Waals surface area contributed by atoms with Crippen LogP contribution in [0.5, 0.6) is 0 Å². The third kappa shape index (κ3) is 2.11. The molecule has 0 spiro atoms. The van der Waals surface area contributed by atoms with Gasteiger partial charge >= 0.3 is 0 Å². The fraction of sp³-hybridized carbons (Fsp3) is 0.471. The Morgan fingerprint density at radius 2 is 2.14 bits per heavy atom. The number of rotatable bonds is 2. The average Bonchev–Trinajstić information content (AvgIpc) is 3.11. The van der Waals surface area contributed by atoms with Gasteiger partial charge in [-0.3, -0.25) is 4.90 Å². The highest BCUT2D eigenvalue weighted by Crippen LogP contribution is 2.37. The van der Waals surface area contributed by atoms with E-state index in [0.29, 0.717) is 11.7 Å². The van der Waals surface area contributed by atoms with E-state index in [0.717, 1.165) is 37.4 Å². The molecular weight excluding hydrogens is 279 g/mol. The first-order chi connectivity index (χ1) is 10.8. The number of halogens is 1. The molecule has 1 saturated heterocycles. The van der Waals surface area contributed by atoms with E-state index in [1.165, 1.54) is 24.5 Å². The van der Waals surface area contributed by atoms with Crippen molar-refractivity contribution in [3.05, 3.63) is 41.3 Å². The fourth-order valence-corrected chi connectivity index (χ4v) is 3.69. The van der Waals surface area contributed by atoms with Gasteiger partial charge in [-0.2, -0.15) is 5.10 Å². The van der Waals surface area contributed by atoms with Crippen LogP contribution in [-0.2, 0) is 6.42 Å². The first-order valence-electron chi connectivity index (χ1n) is 8.06. The van der Waals surface area contributed by atoms with Crippen LogP contribution in [0.1, 0.15) is 36.6 Å². The van der Waals surface area contributed by atoms with E-state index < -0.39 is 0 Å². The van der Waals surface area contributed by atoms with Gasteiger partial charge in [0.1, 0.15) is 17.3 Å². The molecule has 2 aromatic rings. The van der Waals surface area contributed by atoms with Gasteiger partial charge in [0, 0.05) is 12.1 Å². The Hall–Kier alpha value is -1.88. The summed E-state index contributed by atoms with van der Waals surface area (Å²) in [5.41, 5.74) is 2.92. The normalized spacial score (nSPS) is 21.6. The zero-order valence-corrected chi connectivity index (χ0v) is 12.8. The Kier molecular flexibility index (Phi) is 3.37. The predicted molar refractivity (Wildman–Crippen MR) is 84.9 cm³/mol. The minimum atomic E-state index is -0.231. The summed E-state index contributed by atoms with van der Waals surface area (Å²) >= 11 is 0. The number of nitrogens with one attached hydrogen (secondary N) is 1. The van der Waals surface area contributed by atoms with Crippen molar-refractivity contribution in [2.75, 3.05) is 25.5 Å². The zero-order valence-electron chi connectivity index (χ0n) is 12.8. The van der Waals surface area contributed by atoms with Crippen LogP contribution in [0.15, 0.2) is 24.3 Å². The summed E-state index contributed by atoms with van der Waals surface area (Å²) in [7, 11) is 2.17. The predicted octanol–water partition coefficient (Wildman–Crippen LogP) is 3.14. The molecule has 1 aromatic carbocycles. The van der Waals surface area contributed by atoms with E-state index >= 15 is 0 Å². The summed E-state index contributed by atoms with van der Waals surface area (Å²) in [5.74, 6) is 0.740. The molecule has 4 rings (SSSR count). The average molecular weight is 300 g/mol. The van der Waals surface area contributed by atoms with Gasteiger partial charge in [-0.15, -0.1) is 0 Å². The lowest BCUT2D eigenvalue weighted by molar-refractivity contribution is 0.182. The largest absolute Gasteiger partial charge is 0.369 e. The van der Waals surface area contributed by atoms with Crippen molar-refractivity contribution in [2.24, 2.45) is 0 Å². The molecule has 1 N–H and O–H groups in total. The number of aromatic nitrogens is 2. The van der Waals surface area contributed by atoms with Crippen LogP contribution in [0.3, 0.4) is 0 Å². The first-order valence-corrected chi connectivity index (χ1v) is 8.06. The molecular formula is C17H21FN4. The van der Waals surface area contributed by atoms with E-state index in [9.17, 15) is 4.39 Å². The lowest BCUT2D eigenvalue weighted by atomic mass is 9.97. The molecule has 2 aliphatic rings. The second-order valence-corrected chi connectivity index (χ2v) is 6.24. The molecule has 1 fully saturated rings. The number of piperidine rings is 1. The summed E-state index contributed by atoms with van der Waals surface area (Å²) in [6.45, 7) is 2.02. The Bertz CT molecular complexity index is 694. The molecule has 0 bridgehead atoms. The molecule has 3 heterocycles. The Morgan fingerprint density at radius 1 is 1.27 bits per heavy atom. The van der Waals surface area contributed by atoms with E-state index in [-0.39, 0.29) is 5.82 Å². The van der Waals surface area contributed by atoms with Crippen LogP contribution >= 0.6 is 0 Å². The zero-order chi connectivity index (χ0) is 15.1. The highest BCUT2D eigenvalue weighted by atomic mass is 19.1. The van der Waals surface area contributed by atoms with Crippen molar-refractivity contribution in [1.29, 1.82) is 0 Å². The second-order valence-electron chi connectivity index (χ2n) is 6.24. The molecule has 1 unspecified atom stereocenters. The summed E-state index contributed by atoms with van der Waals surface area (Å²) < 4.78 is 15.9. The summed E-state index contributed by atoms with van der Waals surface area (Å²) in [4.78, 5) is 2.39. The molecule has 0 amide bonds. The maximum Gasteiger partial charge on any atom is 0.148 e. The fourth-order valence-electron chi connectivity index (χ4n) is 3.69. The molecule has 22 heavy (non-hydrogen) atoms. The number of anilines is 1. The van der Waals surface area contributed by atoms with Gasteiger partial charge < -0.3 is 5.32 Å². The van der Waals surface area contributed by atoms with Crippen molar-refractivity contribution in [3.8, 4) is 5.69 Å². The van der Waals surface area contributed by atoms with E-state index in [1.54, 1.807) is 16.8 Å². The van der Waals surface area contributed by atoms with Crippen LogP contribution in [-0.4, -0.2) is 34.8 Å². The highest BCUT2D eigenvalue weighted by Gasteiger charge is 2.31. The smallest absolute Gasteiger partial charge is 0.148 e. The van der Waals surface area contributed by atoms with Crippen LogP contribution < -0.4 is 5.32 Å². The van der Waals surface area contributed by atoms with Gasteiger partial charge in [0.15, 0.2) is 0 Å². The SMILES string of the molecule is CN1CCCCC1c1nn(-c2ccccc2F)c2c1CCN2. The van der Waals surface area contributed by atoms with Gasteiger partial charge in [-0.05, 0) is 45.0 Å². The van der Waals surface area contributed by atoms with Crippen molar-refractivity contribution >= 4 is 5.82 Å². The maximum atomic E-state index is 14.2. The van der Waals surface area contributed by atoms with Crippen molar-refractivity contribution in [3.63, 3.8) is 0 Å². The minimum absolute atomic E-state index is 0.231. The summed E-state index contributed by atoms with van der Waals surface area (Å²) in [6.07, 6.45) is 4.60. The maximum absolute atomic E-state index is 14.2. The summed E-state index contributed by atoms with van der Waals surface area (Å²) in [6, 6.07) is 7.21. The summed E-state index contributed by atoms with van der Waals surface area (Å²) in [5, 5.41) is 8.19. The molecule has 0 saturated carbocycles. The molecule has 1 atom stereocenters. The third-order valence-electron chi connectivity index (χ3n) is 4.85. The van der Waals surface area contributed by atoms with Gasteiger partial charge in [0.2, 0.25) is 0 Å². The van der Waals surface area contributed by atoms with E-state index in [1.807, 2.05) is 6.07 Å². The molecule has 4 nitrogen and oxygen atoms in total. The third-order valence-corrected chi connectivity index (χ3v) is 4.85. The van der Waals surface area contributed by atoms with Crippen molar-refractivity contribution < 1.29 is 4.39 Å². The Morgan fingerprint density at radius 3 is 2.95 bits per heavy atom. The van der Waals surface area contributed by atoms with Gasteiger partial charge in [-0.1, -0.05) is 18.6 Å². The van der Waals surface area contributed by atoms with Crippen LogP contribution in [0.25, 0.3) is 5.69 Å². The molecule has 2 aliphatic heterocycles. The molecule has 0 aliphatic carbocycles. The number of para-hydroxylation sites is 1. The second kappa shape index (κ2) is 5.39. The quantitative estimate of drug-likeness (QED) is 0.925. The lowest BCUT2D eigenvalue weighted by Gasteiger charge is -2.31. The number of nitrogens with zero attached hydrogens (tertiary/aromatic N) is 3. The van der Waals surface area contributed by atoms with Crippen molar-refractivity contribution in [1.82, 2.24) is 14.7 Å². The number of fused-ring (bicyclic) bond motifs is 1. The van der Waals surface area contributed by atoms with Crippen LogP contribution in [0.2, 0.25) is 0 Å². The van der Waals surface area contributed by atoms with E-state index in [4.69, 9.17) is 5.10 Å². The monoisotopic (exact) mass is 300 g/mol. The van der Waals surface area contributed by atoms with E-state index in [2.05, 4.69) is 17.3 Å². The number of hydrogen-bond donors (Lipinski definition) is 1. The van der Waals surface area contributed by atoms with Crippen LogP contribution in [0, 0.1) is 5.82 Å². The first kappa shape index (κ1) is 13.8. The minimum Gasteiger partial charge on any atom is -0.369 e. The molecule has 1 aromatic heterocycles. The molecule has 5 heteroatoms. The van der Waals surface area contributed by atoms with Gasteiger partial charge in [0.25, 0.3) is 0 Å². The molecule has 0 radical (unpaired) electrons. The number of likely N-dealkylation sites (tertiary alicyclic amines) is 1. The number of hydrogen-bond acceptors (Lipinski definition) is 3. The lowest BCUT2D eigenvalue weighted by Crippen LogP contribution is -2.30. The topological polar surface area (TPSA) is 33.1 Å². The van der Waals surface area contributed by atoms with Gasteiger partial charge in [0.05, 0.1) is 11.7 Å².